The Morgan fingerprint density at radius 1 is 1.40 bits per heavy atom. The van der Waals surface area contributed by atoms with Crippen molar-refractivity contribution >= 4 is 17.0 Å². The number of hydrogen-bond donors (Lipinski definition) is 0. The van der Waals surface area contributed by atoms with Gasteiger partial charge >= 0.3 is 0 Å². The van der Waals surface area contributed by atoms with Gasteiger partial charge in [-0.25, -0.2) is 14.5 Å². The number of rotatable bonds is 1. The van der Waals surface area contributed by atoms with Gasteiger partial charge in [-0.1, -0.05) is 0 Å². The van der Waals surface area contributed by atoms with Gasteiger partial charge in [-0.2, -0.15) is 0 Å². The molecule has 0 bridgehead atoms. The van der Waals surface area contributed by atoms with Crippen LogP contribution >= 0.6 is 11.3 Å². The molecule has 3 rings (SSSR count). The third-order valence-electron chi connectivity index (χ3n) is 2.12. The first kappa shape index (κ1) is 8.55. The van der Waals surface area contributed by atoms with Crippen LogP contribution in [0, 0.1) is 6.92 Å². The lowest BCUT2D eigenvalue weighted by molar-refractivity contribution is 0.961. The second-order valence-electron chi connectivity index (χ2n) is 3.28. The van der Waals surface area contributed by atoms with Gasteiger partial charge < -0.3 is 0 Å². The predicted molar refractivity (Wildman–Crippen MR) is 58.8 cm³/mol. The lowest BCUT2D eigenvalue weighted by atomic mass is 10.3. The van der Waals surface area contributed by atoms with Gasteiger partial charge in [-0.15, -0.1) is 16.4 Å². The average molecular weight is 216 g/mol. The van der Waals surface area contributed by atoms with Crippen LogP contribution in [-0.2, 0) is 0 Å². The van der Waals surface area contributed by atoms with Gasteiger partial charge in [0.2, 0.25) is 5.82 Å². The number of aryl methyl sites for hydroxylation is 1. The Hall–Kier alpha value is -1.75. The minimum Gasteiger partial charge on any atom is -0.241 e. The minimum atomic E-state index is 0.690. The second-order valence-corrected chi connectivity index (χ2v) is 4.17. The summed E-state index contributed by atoms with van der Waals surface area (Å²) in [6.07, 6.45) is 3.67. The van der Waals surface area contributed by atoms with Crippen LogP contribution in [0.25, 0.3) is 16.5 Å². The molecule has 0 aromatic carbocycles. The van der Waals surface area contributed by atoms with E-state index in [1.807, 2.05) is 30.6 Å². The van der Waals surface area contributed by atoms with E-state index in [1.165, 1.54) is 5.56 Å². The molecule has 0 aliphatic rings. The summed E-state index contributed by atoms with van der Waals surface area (Å²) in [6, 6.07) is 4.01. The molecule has 0 atom stereocenters. The summed E-state index contributed by atoms with van der Waals surface area (Å²) in [5, 5.41) is 7.13. The Balaban J connectivity index is 2.22. The van der Waals surface area contributed by atoms with Crippen molar-refractivity contribution in [3.8, 4) is 10.8 Å². The number of hydrogen-bond acceptors (Lipinski definition) is 4. The van der Waals surface area contributed by atoms with Crippen molar-refractivity contribution in [1.29, 1.82) is 0 Å². The molecular formula is C10H8N4S. The van der Waals surface area contributed by atoms with Crippen LogP contribution in [-0.4, -0.2) is 19.6 Å². The summed E-state index contributed by atoms with van der Waals surface area (Å²) < 4.78 is 1.77. The zero-order valence-electron chi connectivity index (χ0n) is 8.08. The van der Waals surface area contributed by atoms with E-state index < -0.39 is 0 Å². The smallest absolute Gasteiger partial charge is 0.211 e. The molecule has 0 radical (unpaired) electrons. The van der Waals surface area contributed by atoms with Crippen molar-refractivity contribution in [3.63, 3.8) is 0 Å². The molecular weight excluding hydrogens is 208 g/mol. The maximum atomic E-state index is 4.42. The van der Waals surface area contributed by atoms with E-state index in [9.17, 15) is 0 Å². The van der Waals surface area contributed by atoms with E-state index in [0.29, 0.717) is 5.82 Å². The Morgan fingerprint density at radius 2 is 2.33 bits per heavy atom. The molecule has 3 aromatic rings. The third kappa shape index (κ3) is 1.41. The van der Waals surface area contributed by atoms with Crippen LogP contribution in [0.3, 0.4) is 0 Å². The molecule has 0 spiro atoms. The molecule has 15 heavy (non-hydrogen) atoms. The Kier molecular flexibility index (Phi) is 1.78. The van der Waals surface area contributed by atoms with Crippen molar-refractivity contribution in [2.75, 3.05) is 0 Å². The Morgan fingerprint density at radius 3 is 3.13 bits per heavy atom. The number of fused-ring (bicyclic) bond motifs is 1. The lowest BCUT2D eigenvalue weighted by Crippen LogP contribution is -1.86. The fourth-order valence-corrected chi connectivity index (χ4v) is 1.97. The molecule has 0 saturated carbocycles. The number of thiazole rings is 1. The SMILES string of the molecule is Cc1ccn2nc(-c3nccs3)nc2c1. The van der Waals surface area contributed by atoms with Gasteiger partial charge in [0.15, 0.2) is 10.7 Å². The predicted octanol–water partition coefficient (Wildman–Crippen LogP) is 2.16. The molecule has 0 fully saturated rings. The molecule has 0 saturated heterocycles. The van der Waals surface area contributed by atoms with Crippen LogP contribution in [0.15, 0.2) is 29.9 Å². The fourth-order valence-electron chi connectivity index (χ4n) is 1.41. The van der Waals surface area contributed by atoms with E-state index in [4.69, 9.17) is 0 Å². The monoisotopic (exact) mass is 216 g/mol. The van der Waals surface area contributed by atoms with Gasteiger partial charge in [-0.3, -0.25) is 0 Å². The van der Waals surface area contributed by atoms with Crippen molar-refractivity contribution in [2.24, 2.45) is 0 Å². The van der Waals surface area contributed by atoms with Crippen molar-refractivity contribution < 1.29 is 0 Å². The molecule has 0 N–H and O–H groups in total. The molecule has 5 heteroatoms. The second kappa shape index (κ2) is 3.13. The van der Waals surface area contributed by atoms with Gasteiger partial charge in [0.1, 0.15) is 0 Å². The third-order valence-corrected chi connectivity index (χ3v) is 2.89. The summed E-state index contributed by atoms with van der Waals surface area (Å²) in [5.74, 6) is 0.690. The van der Waals surface area contributed by atoms with Gasteiger partial charge in [0.05, 0.1) is 0 Å². The van der Waals surface area contributed by atoms with Crippen molar-refractivity contribution in [1.82, 2.24) is 19.6 Å². The van der Waals surface area contributed by atoms with E-state index in [2.05, 4.69) is 15.1 Å². The van der Waals surface area contributed by atoms with Crippen molar-refractivity contribution in [3.05, 3.63) is 35.5 Å². The molecule has 3 heterocycles. The maximum Gasteiger partial charge on any atom is 0.211 e. The van der Waals surface area contributed by atoms with Crippen LogP contribution < -0.4 is 0 Å². The van der Waals surface area contributed by atoms with E-state index in [1.54, 1.807) is 22.0 Å². The van der Waals surface area contributed by atoms with Crippen LogP contribution in [0.5, 0.6) is 0 Å². The number of nitrogens with zero attached hydrogens (tertiary/aromatic N) is 4. The zero-order chi connectivity index (χ0) is 10.3. The molecule has 3 aromatic heterocycles. The normalized spacial score (nSPS) is 11.0. The van der Waals surface area contributed by atoms with E-state index in [-0.39, 0.29) is 0 Å². The van der Waals surface area contributed by atoms with E-state index >= 15 is 0 Å². The molecule has 4 nitrogen and oxygen atoms in total. The molecule has 0 amide bonds. The van der Waals surface area contributed by atoms with Gasteiger partial charge in [-0.05, 0) is 24.6 Å². The minimum absolute atomic E-state index is 0.690. The number of aromatic nitrogens is 4. The zero-order valence-corrected chi connectivity index (χ0v) is 8.90. The van der Waals surface area contributed by atoms with Crippen LogP contribution in [0.2, 0.25) is 0 Å². The van der Waals surface area contributed by atoms with E-state index in [0.717, 1.165) is 10.7 Å². The highest BCUT2D eigenvalue weighted by molar-refractivity contribution is 7.13. The quantitative estimate of drug-likeness (QED) is 0.626. The highest BCUT2D eigenvalue weighted by atomic mass is 32.1. The highest BCUT2D eigenvalue weighted by Gasteiger charge is 2.07. The molecule has 74 valence electrons. The van der Waals surface area contributed by atoms with Gasteiger partial charge in [0, 0.05) is 17.8 Å². The first-order chi connectivity index (χ1) is 7.33. The van der Waals surface area contributed by atoms with Gasteiger partial charge in [0.25, 0.3) is 0 Å². The van der Waals surface area contributed by atoms with Crippen LogP contribution in [0.1, 0.15) is 5.56 Å². The Bertz CT molecular complexity index is 597. The summed E-state index contributed by atoms with van der Waals surface area (Å²) in [6.45, 7) is 2.04. The average Bonchev–Trinajstić information content (AvgIpc) is 2.84. The first-order valence-electron chi connectivity index (χ1n) is 4.56. The fraction of sp³-hybridized carbons (Fsp3) is 0.100. The molecule has 0 unspecified atom stereocenters. The summed E-state index contributed by atoms with van der Waals surface area (Å²) >= 11 is 1.55. The lowest BCUT2D eigenvalue weighted by Gasteiger charge is -1.90. The van der Waals surface area contributed by atoms with Crippen LogP contribution in [0.4, 0.5) is 0 Å². The Labute approximate surface area is 90.2 Å². The molecule has 0 aliphatic heterocycles. The summed E-state index contributed by atoms with van der Waals surface area (Å²) in [5.41, 5.74) is 2.04. The highest BCUT2D eigenvalue weighted by Crippen LogP contribution is 2.18. The summed E-state index contributed by atoms with van der Waals surface area (Å²) in [7, 11) is 0. The summed E-state index contributed by atoms with van der Waals surface area (Å²) in [4.78, 5) is 8.60. The molecule has 0 aliphatic carbocycles. The standard InChI is InChI=1S/C10H8N4S/c1-7-2-4-14-8(6-7)12-9(13-14)10-11-3-5-15-10/h2-6H,1H3. The topological polar surface area (TPSA) is 43.1 Å². The van der Waals surface area contributed by atoms with Crippen molar-refractivity contribution in [2.45, 2.75) is 6.92 Å². The largest absolute Gasteiger partial charge is 0.241 e. The maximum absolute atomic E-state index is 4.42. The first-order valence-corrected chi connectivity index (χ1v) is 5.44. The number of pyridine rings is 1.